The van der Waals surface area contributed by atoms with Gasteiger partial charge in [-0.05, 0) is 109 Å². The van der Waals surface area contributed by atoms with E-state index in [1.54, 1.807) is 0 Å². The van der Waals surface area contributed by atoms with Gasteiger partial charge in [-0.2, -0.15) is 0 Å². The minimum absolute atomic E-state index is 0.0301. The van der Waals surface area contributed by atoms with Crippen LogP contribution in [0.2, 0.25) is 0 Å². The van der Waals surface area contributed by atoms with Crippen molar-refractivity contribution < 1.29 is 15.0 Å². The number of carbonyl (C=O) groups is 1. The van der Waals surface area contributed by atoms with Crippen LogP contribution in [0.5, 0.6) is 0 Å². The Bertz CT molecular complexity index is 885. The van der Waals surface area contributed by atoms with Crippen LogP contribution in [0.4, 0.5) is 0 Å². The van der Waals surface area contributed by atoms with E-state index in [9.17, 15) is 15.0 Å². The summed E-state index contributed by atoms with van der Waals surface area (Å²) in [5.74, 6) is 0.807. The van der Waals surface area contributed by atoms with Crippen molar-refractivity contribution >= 4 is 5.97 Å². The van der Waals surface area contributed by atoms with Crippen LogP contribution in [0.25, 0.3) is 0 Å². The van der Waals surface area contributed by atoms with Gasteiger partial charge in [0.2, 0.25) is 0 Å². The molecule has 0 bridgehead atoms. The van der Waals surface area contributed by atoms with Crippen LogP contribution in [0.15, 0.2) is 11.6 Å². The molecule has 8 atom stereocenters. The molecule has 0 amide bonds. The van der Waals surface area contributed by atoms with Crippen LogP contribution < -0.4 is 0 Å². The Morgan fingerprint density at radius 1 is 0.879 bits per heavy atom. The molecule has 0 aliphatic heterocycles. The Labute approximate surface area is 201 Å². The van der Waals surface area contributed by atoms with Crippen LogP contribution in [-0.2, 0) is 4.79 Å². The third-order valence-corrected chi connectivity index (χ3v) is 13.0. The number of rotatable bonds is 1. The second-order valence-electron chi connectivity index (χ2n) is 15.1. The molecule has 0 aromatic heterocycles. The number of aliphatic hydroxyl groups is 1. The third kappa shape index (κ3) is 2.87. The van der Waals surface area contributed by atoms with Gasteiger partial charge in [-0.1, -0.05) is 60.1 Å². The number of aliphatic hydroxyl groups excluding tert-OH is 1. The number of carboxylic acids is 1. The lowest BCUT2D eigenvalue weighted by Crippen LogP contribution is -2.65. The fourth-order valence-corrected chi connectivity index (χ4v) is 10.6. The molecule has 4 saturated carbocycles. The fraction of sp³-hybridized carbons (Fsp3) is 0.900. The second kappa shape index (κ2) is 6.89. The van der Waals surface area contributed by atoms with Gasteiger partial charge < -0.3 is 10.2 Å². The molecule has 3 heteroatoms. The standard InChI is InChI=1S/C30H48O3/c1-25(2)14-16-30(24(32)33)17-15-28(6)19(20(30)18-25)8-9-22-27(5)12-11-23(31)26(3,4)21(27)10-13-29(22,28)7/h8,20-23,31H,9-18H2,1-7H3,(H,32,33)/t20-,21-,22+,23-,27+,28+,29+,30-/m0/s1. The molecule has 0 aromatic carbocycles. The minimum Gasteiger partial charge on any atom is -0.481 e. The molecular formula is C30H48O3. The Hall–Kier alpha value is -0.830. The summed E-state index contributed by atoms with van der Waals surface area (Å²) < 4.78 is 0. The highest BCUT2D eigenvalue weighted by Crippen LogP contribution is 2.75. The smallest absolute Gasteiger partial charge is 0.310 e. The number of hydrogen-bond donors (Lipinski definition) is 2. The van der Waals surface area contributed by atoms with Crippen molar-refractivity contribution in [3.63, 3.8) is 0 Å². The molecule has 186 valence electrons. The van der Waals surface area contributed by atoms with Crippen molar-refractivity contribution in [2.24, 2.45) is 50.2 Å². The molecule has 2 N–H and O–H groups in total. The number of fused-ring (bicyclic) bond motifs is 7. The van der Waals surface area contributed by atoms with E-state index in [1.807, 2.05) is 0 Å². The van der Waals surface area contributed by atoms with Gasteiger partial charge >= 0.3 is 5.97 Å². The molecule has 0 radical (unpaired) electrons. The summed E-state index contributed by atoms with van der Waals surface area (Å²) >= 11 is 0. The third-order valence-electron chi connectivity index (χ3n) is 13.0. The molecule has 3 nitrogen and oxygen atoms in total. The highest BCUT2D eigenvalue weighted by Gasteiger charge is 2.69. The molecule has 5 aliphatic rings. The highest BCUT2D eigenvalue weighted by molar-refractivity contribution is 5.76. The average molecular weight is 457 g/mol. The first-order valence-corrected chi connectivity index (χ1v) is 13.8. The van der Waals surface area contributed by atoms with Crippen LogP contribution in [0.1, 0.15) is 113 Å². The first-order chi connectivity index (χ1) is 15.1. The highest BCUT2D eigenvalue weighted by atomic mass is 16.4. The van der Waals surface area contributed by atoms with Gasteiger partial charge in [-0.15, -0.1) is 0 Å². The molecule has 0 unspecified atom stereocenters. The van der Waals surface area contributed by atoms with Gasteiger partial charge in [0.25, 0.3) is 0 Å². The first-order valence-electron chi connectivity index (χ1n) is 13.8. The summed E-state index contributed by atoms with van der Waals surface area (Å²) in [6.45, 7) is 16.9. The molecule has 0 heterocycles. The van der Waals surface area contributed by atoms with Gasteiger partial charge in [0.15, 0.2) is 0 Å². The van der Waals surface area contributed by atoms with Crippen LogP contribution >= 0.6 is 0 Å². The van der Waals surface area contributed by atoms with Crippen LogP contribution in [0, 0.1) is 50.2 Å². The van der Waals surface area contributed by atoms with Crippen molar-refractivity contribution in [3.05, 3.63) is 11.6 Å². The second-order valence-corrected chi connectivity index (χ2v) is 15.1. The van der Waals surface area contributed by atoms with Crippen molar-refractivity contribution in [3.8, 4) is 0 Å². The average Bonchev–Trinajstić information content (AvgIpc) is 2.71. The van der Waals surface area contributed by atoms with Crippen LogP contribution in [-0.4, -0.2) is 22.3 Å². The van der Waals surface area contributed by atoms with E-state index < -0.39 is 11.4 Å². The molecule has 0 saturated heterocycles. The SMILES string of the molecule is CC1(C)CC[C@]2(C(=O)O)CC[C@]3(C)C(=CC[C@@H]4[C@]5(C)CC[C@H](O)C(C)(C)[C@@H]5CC[C@]43C)[C@@H]2C1. The lowest BCUT2D eigenvalue weighted by Gasteiger charge is -2.71. The molecule has 5 aliphatic carbocycles. The zero-order chi connectivity index (χ0) is 24.2. The largest absolute Gasteiger partial charge is 0.481 e. The summed E-state index contributed by atoms with van der Waals surface area (Å²) in [5, 5.41) is 21.4. The topological polar surface area (TPSA) is 57.5 Å². The van der Waals surface area contributed by atoms with Gasteiger partial charge in [0, 0.05) is 0 Å². The predicted molar refractivity (Wildman–Crippen MR) is 133 cm³/mol. The van der Waals surface area contributed by atoms with E-state index in [1.165, 1.54) is 18.4 Å². The van der Waals surface area contributed by atoms with E-state index in [0.29, 0.717) is 11.8 Å². The summed E-state index contributed by atoms with van der Waals surface area (Å²) in [6.07, 6.45) is 12.6. The number of carboxylic acid groups (broad SMARTS) is 1. The van der Waals surface area contributed by atoms with E-state index in [0.717, 1.165) is 51.4 Å². The van der Waals surface area contributed by atoms with Gasteiger partial charge in [-0.25, -0.2) is 0 Å². The normalized spacial score (nSPS) is 52.4. The summed E-state index contributed by atoms with van der Waals surface area (Å²) in [7, 11) is 0. The lowest BCUT2D eigenvalue weighted by molar-refractivity contribution is -0.205. The van der Waals surface area contributed by atoms with Gasteiger partial charge in [0.05, 0.1) is 11.5 Å². The van der Waals surface area contributed by atoms with Crippen molar-refractivity contribution in [1.29, 1.82) is 0 Å². The minimum atomic E-state index is -0.553. The van der Waals surface area contributed by atoms with Gasteiger partial charge in [-0.3, -0.25) is 4.79 Å². The molecule has 0 spiro atoms. The Balaban J connectivity index is 1.60. The summed E-state index contributed by atoms with van der Waals surface area (Å²) in [6, 6.07) is 0. The zero-order valence-corrected chi connectivity index (χ0v) is 22.3. The van der Waals surface area contributed by atoms with Gasteiger partial charge in [0.1, 0.15) is 0 Å². The Morgan fingerprint density at radius 3 is 2.21 bits per heavy atom. The maximum atomic E-state index is 12.8. The summed E-state index contributed by atoms with van der Waals surface area (Å²) in [5.41, 5.74) is 1.68. The van der Waals surface area contributed by atoms with E-state index in [4.69, 9.17) is 0 Å². The van der Waals surface area contributed by atoms with Crippen molar-refractivity contribution in [2.75, 3.05) is 0 Å². The van der Waals surface area contributed by atoms with E-state index in [-0.39, 0.29) is 39.1 Å². The first kappa shape index (κ1) is 23.9. The molecule has 33 heavy (non-hydrogen) atoms. The Morgan fingerprint density at radius 2 is 1.55 bits per heavy atom. The molecule has 0 aromatic rings. The zero-order valence-electron chi connectivity index (χ0n) is 22.3. The molecule has 4 fully saturated rings. The Kier molecular flexibility index (Phi) is 4.99. The monoisotopic (exact) mass is 456 g/mol. The van der Waals surface area contributed by atoms with Crippen LogP contribution in [0.3, 0.4) is 0 Å². The summed E-state index contributed by atoms with van der Waals surface area (Å²) in [4.78, 5) is 12.8. The lowest BCUT2D eigenvalue weighted by atomic mass is 9.33. The van der Waals surface area contributed by atoms with E-state index >= 15 is 0 Å². The molecule has 5 rings (SSSR count). The number of aliphatic carboxylic acids is 1. The van der Waals surface area contributed by atoms with Crippen molar-refractivity contribution in [1.82, 2.24) is 0 Å². The fourth-order valence-electron chi connectivity index (χ4n) is 10.6. The maximum absolute atomic E-state index is 12.8. The number of allylic oxidation sites excluding steroid dienone is 2. The van der Waals surface area contributed by atoms with E-state index in [2.05, 4.69) is 54.5 Å². The molecular weight excluding hydrogens is 408 g/mol. The maximum Gasteiger partial charge on any atom is 0.310 e. The predicted octanol–water partition coefficient (Wildman–Crippen LogP) is 7.23. The van der Waals surface area contributed by atoms with Crippen molar-refractivity contribution in [2.45, 2.75) is 119 Å². The quantitative estimate of drug-likeness (QED) is 0.409. The number of hydrogen-bond acceptors (Lipinski definition) is 2.